The van der Waals surface area contributed by atoms with E-state index in [0.29, 0.717) is 0 Å². The van der Waals surface area contributed by atoms with E-state index in [-0.39, 0.29) is 17.9 Å². The zero-order chi connectivity index (χ0) is 16.2. The summed E-state index contributed by atoms with van der Waals surface area (Å²) in [4.78, 5) is 9.93. The number of benzene rings is 1. The van der Waals surface area contributed by atoms with Crippen LogP contribution in [0, 0.1) is 10.1 Å². The second-order valence-electron chi connectivity index (χ2n) is 4.30. The molecule has 0 radical (unpaired) electrons. The molecule has 0 saturated heterocycles. The van der Waals surface area contributed by atoms with Crippen molar-refractivity contribution in [1.82, 2.24) is 0 Å². The van der Waals surface area contributed by atoms with Crippen LogP contribution in [0.4, 0.5) is 30.2 Å². The number of rotatable bonds is 6. The first-order valence-corrected chi connectivity index (χ1v) is 5.81. The first-order chi connectivity index (χ1) is 9.65. The summed E-state index contributed by atoms with van der Waals surface area (Å²) in [6, 6.07) is 2.26. The highest BCUT2D eigenvalue weighted by molar-refractivity contribution is 5.72. The Kier molecular flexibility index (Phi) is 5.33. The molecule has 5 N–H and O–H groups in total. The summed E-state index contributed by atoms with van der Waals surface area (Å²) in [6.45, 7) is -0.860. The fraction of sp³-hybridized carbons (Fsp3) is 0.455. The first kappa shape index (κ1) is 17.0. The van der Waals surface area contributed by atoms with Gasteiger partial charge in [-0.25, -0.2) is 0 Å². The van der Waals surface area contributed by atoms with Gasteiger partial charge >= 0.3 is 6.18 Å². The van der Waals surface area contributed by atoms with E-state index >= 15 is 0 Å². The molecule has 21 heavy (non-hydrogen) atoms. The third kappa shape index (κ3) is 4.76. The highest BCUT2D eigenvalue weighted by Crippen LogP contribution is 2.36. The number of nitrogens with two attached hydrogens (primary N) is 1. The largest absolute Gasteiger partial charge is 0.394 e. The number of aliphatic hydroxyl groups is 2. The Labute approximate surface area is 117 Å². The summed E-state index contributed by atoms with van der Waals surface area (Å²) in [5.74, 6) is 0. The third-order valence-corrected chi connectivity index (χ3v) is 2.61. The van der Waals surface area contributed by atoms with Crippen molar-refractivity contribution in [2.24, 2.45) is 0 Å². The molecule has 0 bridgehead atoms. The summed E-state index contributed by atoms with van der Waals surface area (Å²) in [5, 5.41) is 31.2. The number of hydrogen-bond donors (Lipinski definition) is 4. The average Bonchev–Trinajstić information content (AvgIpc) is 2.35. The van der Waals surface area contributed by atoms with Gasteiger partial charge in [0.15, 0.2) is 0 Å². The molecule has 1 aromatic rings. The van der Waals surface area contributed by atoms with Crippen LogP contribution < -0.4 is 11.1 Å². The van der Waals surface area contributed by atoms with Crippen LogP contribution in [-0.4, -0.2) is 40.6 Å². The van der Waals surface area contributed by atoms with E-state index in [2.05, 4.69) is 5.32 Å². The predicted octanol–water partition coefficient (Wildman–Crippen LogP) is 1.05. The van der Waals surface area contributed by atoms with Gasteiger partial charge in [0.05, 0.1) is 29.6 Å². The van der Waals surface area contributed by atoms with Crippen LogP contribution in [0.15, 0.2) is 12.1 Å². The molecule has 1 atom stereocenters. The number of nitrogens with zero attached hydrogens (tertiary/aromatic N) is 1. The number of nitro benzene ring substituents is 1. The van der Waals surface area contributed by atoms with E-state index in [1.54, 1.807) is 0 Å². The topological polar surface area (TPSA) is 122 Å². The van der Waals surface area contributed by atoms with E-state index in [4.69, 9.17) is 10.8 Å². The lowest BCUT2D eigenvalue weighted by Crippen LogP contribution is -2.24. The van der Waals surface area contributed by atoms with Crippen LogP contribution in [-0.2, 0) is 6.42 Å². The van der Waals surface area contributed by atoms with Crippen LogP contribution in [0.2, 0.25) is 0 Å². The minimum Gasteiger partial charge on any atom is -0.394 e. The second kappa shape index (κ2) is 6.59. The zero-order valence-corrected chi connectivity index (χ0v) is 10.7. The van der Waals surface area contributed by atoms with Gasteiger partial charge in [-0.15, -0.1) is 0 Å². The van der Waals surface area contributed by atoms with Gasteiger partial charge in [-0.05, 0) is 12.1 Å². The Bertz CT molecular complexity index is 522. The highest BCUT2D eigenvalue weighted by atomic mass is 19.4. The van der Waals surface area contributed by atoms with E-state index in [1.807, 2.05) is 0 Å². The van der Waals surface area contributed by atoms with Crippen molar-refractivity contribution in [3.8, 4) is 0 Å². The van der Waals surface area contributed by atoms with Gasteiger partial charge in [0, 0.05) is 12.2 Å². The molecule has 0 aromatic heterocycles. The van der Waals surface area contributed by atoms with Gasteiger partial charge < -0.3 is 21.3 Å². The number of aliphatic hydroxyl groups excluding tert-OH is 2. The van der Waals surface area contributed by atoms with Crippen molar-refractivity contribution in [3.05, 3.63) is 27.8 Å². The van der Waals surface area contributed by atoms with Crippen molar-refractivity contribution in [1.29, 1.82) is 0 Å². The summed E-state index contributed by atoms with van der Waals surface area (Å²) >= 11 is 0. The summed E-state index contributed by atoms with van der Waals surface area (Å²) in [6.07, 6.45) is -7.41. The molecule has 7 nitrogen and oxygen atoms in total. The van der Waals surface area contributed by atoms with Crippen LogP contribution in [0.1, 0.15) is 5.56 Å². The zero-order valence-electron chi connectivity index (χ0n) is 10.7. The van der Waals surface area contributed by atoms with Crippen LogP contribution >= 0.6 is 0 Å². The van der Waals surface area contributed by atoms with Crippen molar-refractivity contribution >= 4 is 17.1 Å². The molecule has 118 valence electrons. The van der Waals surface area contributed by atoms with Gasteiger partial charge in [-0.1, -0.05) is 0 Å². The smallest absolute Gasteiger partial charge is 0.393 e. The summed E-state index contributed by atoms with van der Waals surface area (Å²) in [7, 11) is 0. The van der Waals surface area contributed by atoms with Gasteiger partial charge in [0.25, 0.3) is 5.69 Å². The maximum atomic E-state index is 12.6. The molecule has 10 heteroatoms. The van der Waals surface area contributed by atoms with Crippen molar-refractivity contribution in [3.63, 3.8) is 0 Å². The van der Waals surface area contributed by atoms with Crippen LogP contribution in [0.5, 0.6) is 0 Å². The SMILES string of the molecule is Nc1ccc(NCC(O)CO)c(CC(F)(F)F)c1[N+](=O)[O-]. The number of nitrogens with one attached hydrogen (secondary N) is 1. The Morgan fingerprint density at radius 1 is 1.43 bits per heavy atom. The molecule has 0 aliphatic heterocycles. The molecule has 0 amide bonds. The maximum absolute atomic E-state index is 12.6. The van der Waals surface area contributed by atoms with E-state index in [1.165, 1.54) is 0 Å². The minimum absolute atomic E-state index is 0.166. The molecule has 0 aliphatic rings. The van der Waals surface area contributed by atoms with Gasteiger partial charge in [0.1, 0.15) is 5.69 Å². The first-order valence-electron chi connectivity index (χ1n) is 5.81. The lowest BCUT2D eigenvalue weighted by molar-refractivity contribution is -0.384. The van der Waals surface area contributed by atoms with E-state index in [0.717, 1.165) is 12.1 Å². The monoisotopic (exact) mass is 309 g/mol. The van der Waals surface area contributed by atoms with E-state index < -0.39 is 41.5 Å². The average molecular weight is 309 g/mol. The molecule has 0 aliphatic carbocycles. The fourth-order valence-electron chi connectivity index (χ4n) is 1.71. The number of anilines is 2. The Morgan fingerprint density at radius 3 is 2.52 bits per heavy atom. The number of nitro groups is 1. The molecule has 0 heterocycles. The normalized spacial score (nSPS) is 13.0. The second-order valence-corrected chi connectivity index (χ2v) is 4.30. The van der Waals surface area contributed by atoms with Gasteiger partial charge in [-0.3, -0.25) is 10.1 Å². The van der Waals surface area contributed by atoms with Crippen LogP contribution in [0.25, 0.3) is 0 Å². The molecular formula is C11H14F3N3O4. The number of alkyl halides is 3. The highest BCUT2D eigenvalue weighted by Gasteiger charge is 2.34. The molecule has 0 spiro atoms. The fourth-order valence-corrected chi connectivity index (χ4v) is 1.71. The number of nitrogen functional groups attached to an aromatic ring is 1. The molecule has 1 unspecified atom stereocenters. The Hall–Kier alpha value is -2.07. The summed E-state index contributed by atoms with van der Waals surface area (Å²) < 4.78 is 37.7. The lowest BCUT2D eigenvalue weighted by atomic mass is 10.0. The van der Waals surface area contributed by atoms with Crippen molar-refractivity contribution < 1.29 is 28.3 Å². The van der Waals surface area contributed by atoms with Crippen molar-refractivity contribution in [2.45, 2.75) is 18.7 Å². The van der Waals surface area contributed by atoms with Gasteiger partial charge in [0.2, 0.25) is 0 Å². The van der Waals surface area contributed by atoms with Crippen molar-refractivity contribution in [2.75, 3.05) is 24.2 Å². The van der Waals surface area contributed by atoms with Crippen LogP contribution in [0.3, 0.4) is 0 Å². The maximum Gasteiger partial charge on any atom is 0.393 e. The quantitative estimate of drug-likeness (QED) is 0.354. The summed E-state index contributed by atoms with van der Waals surface area (Å²) in [5.41, 5.74) is 3.38. The Morgan fingerprint density at radius 2 is 2.05 bits per heavy atom. The molecule has 1 rings (SSSR count). The molecule has 0 fully saturated rings. The third-order valence-electron chi connectivity index (χ3n) is 2.61. The molecule has 0 saturated carbocycles. The number of halogens is 3. The van der Waals surface area contributed by atoms with E-state index in [9.17, 15) is 28.4 Å². The minimum atomic E-state index is -4.66. The number of hydrogen-bond acceptors (Lipinski definition) is 6. The Balaban J connectivity index is 3.23. The molecule has 1 aromatic carbocycles. The standard InChI is InChI=1S/C11H14F3N3O4/c12-11(13,14)3-7-9(16-4-6(19)5-18)2-1-8(15)10(7)17(20)21/h1-2,6,16,18-19H,3-5,15H2. The molecular weight excluding hydrogens is 295 g/mol. The van der Waals surface area contributed by atoms with Gasteiger partial charge in [-0.2, -0.15) is 13.2 Å². The lowest BCUT2D eigenvalue weighted by Gasteiger charge is -2.16. The predicted molar refractivity (Wildman–Crippen MR) is 68.9 cm³/mol.